The van der Waals surface area contributed by atoms with Crippen LogP contribution in [0.4, 0.5) is 0 Å². The molecule has 2 aliphatic rings. The summed E-state index contributed by atoms with van der Waals surface area (Å²) in [5.41, 5.74) is 0. The summed E-state index contributed by atoms with van der Waals surface area (Å²) < 4.78 is 20.6. The van der Waals surface area contributed by atoms with Crippen LogP contribution in [0.1, 0.15) is 196 Å². The average Bonchev–Trinajstić information content (AvgIpc) is 4.07. The average molecular weight is 769 g/mol. The van der Waals surface area contributed by atoms with E-state index in [9.17, 15) is 10.2 Å². The zero-order chi connectivity index (χ0) is 37.7. The van der Waals surface area contributed by atoms with Crippen LogP contribution in [0.15, 0.2) is 24.3 Å². The van der Waals surface area contributed by atoms with E-state index in [1.54, 1.807) is 33.5 Å². The van der Waals surface area contributed by atoms with Crippen molar-refractivity contribution in [2.24, 2.45) is 23.7 Å². The highest BCUT2D eigenvalue weighted by atomic mass is 16.5. The Morgan fingerprint density at radius 2 is 0.870 bits per heavy atom. The predicted molar refractivity (Wildman–Crippen MR) is 234 cm³/mol. The number of unbranched alkanes of at least 4 members (excludes halogenated alkanes) is 16. The molecule has 6 nitrogen and oxygen atoms in total. The smallest absolute Gasteiger partial charge is 0.101 e. The van der Waals surface area contributed by atoms with Crippen molar-refractivity contribution >= 4 is 0 Å². The molecule has 0 aromatic heterocycles. The molecule has 0 spiro atoms. The van der Waals surface area contributed by atoms with Gasteiger partial charge in [0.15, 0.2) is 0 Å². The number of aliphatic hydroxyl groups excluding tert-OH is 2. The number of allylic oxidation sites excluding steroid dienone is 4. The number of methoxy groups -OCH3 is 2. The lowest BCUT2D eigenvalue weighted by Crippen LogP contribution is -2.21. The maximum Gasteiger partial charge on any atom is 0.101 e. The van der Waals surface area contributed by atoms with E-state index in [4.69, 9.17) is 18.9 Å². The molecule has 2 fully saturated rings. The Balaban J connectivity index is 0. The van der Waals surface area contributed by atoms with E-state index in [2.05, 4.69) is 38.2 Å². The maximum absolute atomic E-state index is 9.48. The summed E-state index contributed by atoms with van der Waals surface area (Å²) in [7, 11) is 3.19. The minimum Gasteiger partial charge on any atom is -0.388 e. The SMILES string of the molecule is C.C.CCCCC/C=C\C/C=C\CCCCCCCCOCC(O)COC.CCCCCC1CC1CC1CC1CCCCCCCCOCC(O)COC. The number of hydrogen-bond acceptors (Lipinski definition) is 6. The Kier molecular flexibility index (Phi) is 42.9. The van der Waals surface area contributed by atoms with E-state index in [-0.39, 0.29) is 14.9 Å². The normalized spacial score (nSPS) is 20.0. The molecular weight excluding hydrogens is 673 g/mol. The van der Waals surface area contributed by atoms with Crippen molar-refractivity contribution in [1.82, 2.24) is 0 Å². The molecule has 2 N–H and O–H groups in total. The van der Waals surface area contributed by atoms with E-state index < -0.39 is 12.2 Å². The van der Waals surface area contributed by atoms with Gasteiger partial charge in [0.05, 0.1) is 26.4 Å². The molecule has 0 aromatic rings. The van der Waals surface area contributed by atoms with Crippen molar-refractivity contribution in [1.29, 1.82) is 0 Å². The molecule has 54 heavy (non-hydrogen) atoms. The molecule has 2 aliphatic carbocycles. The highest BCUT2D eigenvalue weighted by Gasteiger charge is 2.44. The number of rotatable bonds is 38. The van der Waals surface area contributed by atoms with Crippen molar-refractivity contribution in [2.75, 3.05) is 53.9 Å². The standard InChI is InChI=1S/C24H46O3.C22H42O3.2CH4/c1-3-4-9-12-20-15-22(20)17-23-16-21(23)13-10-7-5-6-8-11-14-27-19-24(25)18-26-2;1-3-4-5-6-7-8-9-10-11-12-13-14-15-16-17-18-19-25-21-22(23)20-24-2;;/h20-25H,3-19H2,1-2H3;7-8,10-11,22-23H,3-6,9,12-21H2,1-2H3;2*1H4/b;8-7-,11-10-;;. The van der Waals surface area contributed by atoms with E-state index in [1.165, 1.54) is 128 Å². The van der Waals surface area contributed by atoms with Gasteiger partial charge in [-0.2, -0.15) is 0 Å². The summed E-state index contributed by atoms with van der Waals surface area (Å²) in [6.45, 7) is 7.57. The minimum atomic E-state index is -0.491. The van der Waals surface area contributed by atoms with Gasteiger partial charge in [-0.15, -0.1) is 0 Å². The highest BCUT2D eigenvalue weighted by molar-refractivity contribution is 4.95. The van der Waals surface area contributed by atoms with Crippen molar-refractivity contribution < 1.29 is 29.2 Å². The van der Waals surface area contributed by atoms with Crippen LogP contribution >= 0.6 is 0 Å². The lowest BCUT2D eigenvalue weighted by Gasteiger charge is -2.09. The Labute approximate surface area is 338 Å². The second-order valence-corrected chi connectivity index (χ2v) is 16.1. The van der Waals surface area contributed by atoms with Crippen molar-refractivity contribution in [3.8, 4) is 0 Å². The van der Waals surface area contributed by atoms with Crippen LogP contribution in [0.2, 0.25) is 0 Å². The topological polar surface area (TPSA) is 77.4 Å². The van der Waals surface area contributed by atoms with Crippen LogP contribution in [0.25, 0.3) is 0 Å². The van der Waals surface area contributed by atoms with Crippen LogP contribution in [0.5, 0.6) is 0 Å². The first kappa shape index (κ1) is 55.3. The summed E-state index contributed by atoms with van der Waals surface area (Å²) >= 11 is 0. The van der Waals surface area contributed by atoms with Gasteiger partial charge in [0.25, 0.3) is 0 Å². The summed E-state index contributed by atoms with van der Waals surface area (Å²) in [6.07, 6.45) is 43.3. The van der Waals surface area contributed by atoms with Crippen LogP contribution < -0.4 is 0 Å². The quantitative estimate of drug-likeness (QED) is 0.0481. The van der Waals surface area contributed by atoms with Gasteiger partial charge < -0.3 is 29.2 Å². The molecule has 2 saturated carbocycles. The molecule has 6 atom stereocenters. The van der Waals surface area contributed by atoms with Crippen LogP contribution in [0, 0.1) is 23.7 Å². The molecule has 6 unspecified atom stereocenters. The summed E-state index contributed by atoms with van der Waals surface area (Å²) in [6, 6.07) is 0. The van der Waals surface area contributed by atoms with Crippen molar-refractivity contribution in [2.45, 2.75) is 208 Å². The molecule has 6 heteroatoms. The number of hydrogen-bond donors (Lipinski definition) is 2. The third kappa shape index (κ3) is 36.9. The molecule has 2 rings (SSSR count). The van der Waals surface area contributed by atoms with Gasteiger partial charge in [-0.05, 0) is 87.9 Å². The molecule has 0 aromatic carbocycles. The van der Waals surface area contributed by atoms with Crippen LogP contribution in [-0.4, -0.2) is 76.3 Å². The van der Waals surface area contributed by atoms with Crippen molar-refractivity contribution in [3.63, 3.8) is 0 Å². The zero-order valence-electron chi connectivity index (χ0n) is 34.9. The monoisotopic (exact) mass is 769 g/mol. The number of aliphatic hydroxyl groups is 2. The van der Waals surface area contributed by atoms with Gasteiger partial charge in [0, 0.05) is 27.4 Å². The summed E-state index contributed by atoms with van der Waals surface area (Å²) in [5, 5.41) is 18.9. The highest BCUT2D eigenvalue weighted by Crippen LogP contribution is 2.54. The fourth-order valence-electron chi connectivity index (χ4n) is 7.38. The minimum absolute atomic E-state index is 0. The van der Waals surface area contributed by atoms with Gasteiger partial charge >= 0.3 is 0 Å². The molecule has 0 aliphatic heterocycles. The van der Waals surface area contributed by atoms with Gasteiger partial charge in [0.1, 0.15) is 12.2 Å². The molecule has 0 amide bonds. The Bertz CT molecular complexity index is 787. The second kappa shape index (κ2) is 41.9. The van der Waals surface area contributed by atoms with E-state index in [0.717, 1.165) is 56.1 Å². The molecule has 0 saturated heterocycles. The lowest BCUT2D eigenvalue weighted by atomic mass is 10.0. The van der Waals surface area contributed by atoms with Crippen molar-refractivity contribution in [3.05, 3.63) is 24.3 Å². The summed E-state index contributed by atoms with van der Waals surface area (Å²) in [4.78, 5) is 0. The van der Waals surface area contributed by atoms with Gasteiger partial charge in [-0.25, -0.2) is 0 Å². The second-order valence-electron chi connectivity index (χ2n) is 16.1. The molecule has 0 radical (unpaired) electrons. The zero-order valence-corrected chi connectivity index (χ0v) is 34.9. The Morgan fingerprint density at radius 1 is 0.481 bits per heavy atom. The van der Waals surface area contributed by atoms with E-state index in [1.807, 2.05) is 0 Å². The van der Waals surface area contributed by atoms with Gasteiger partial charge in [0.2, 0.25) is 0 Å². The molecule has 0 heterocycles. The molecular formula is C48H96O6. The predicted octanol–water partition coefficient (Wildman–Crippen LogP) is 13.1. The fourth-order valence-corrected chi connectivity index (χ4v) is 7.38. The Morgan fingerprint density at radius 3 is 1.33 bits per heavy atom. The Hall–Kier alpha value is -0.760. The largest absolute Gasteiger partial charge is 0.388 e. The summed E-state index contributed by atoms with van der Waals surface area (Å²) in [5.74, 6) is 4.44. The van der Waals surface area contributed by atoms with E-state index in [0.29, 0.717) is 26.4 Å². The molecule has 0 bridgehead atoms. The maximum atomic E-state index is 9.48. The van der Waals surface area contributed by atoms with E-state index >= 15 is 0 Å². The first-order chi connectivity index (χ1) is 25.5. The molecule has 324 valence electrons. The van der Waals surface area contributed by atoms with Crippen LogP contribution in [-0.2, 0) is 18.9 Å². The number of ether oxygens (including phenoxy) is 4. The fraction of sp³-hybridized carbons (Fsp3) is 0.917. The first-order valence-corrected chi connectivity index (χ1v) is 22.3. The van der Waals surface area contributed by atoms with Gasteiger partial charge in [-0.1, -0.05) is 156 Å². The van der Waals surface area contributed by atoms with Crippen LogP contribution in [0.3, 0.4) is 0 Å². The van der Waals surface area contributed by atoms with Gasteiger partial charge in [-0.3, -0.25) is 0 Å². The third-order valence-electron chi connectivity index (χ3n) is 10.9. The lowest BCUT2D eigenvalue weighted by molar-refractivity contribution is -0.00685. The third-order valence-corrected chi connectivity index (χ3v) is 10.9. The first-order valence-electron chi connectivity index (χ1n) is 22.3.